The number of aliphatic hydroxyl groups excluding tert-OH is 7. The lowest BCUT2D eigenvalue weighted by Gasteiger charge is -2.46. The van der Waals surface area contributed by atoms with Crippen molar-refractivity contribution in [1.29, 1.82) is 0 Å². The lowest BCUT2D eigenvalue weighted by atomic mass is 9.89. The summed E-state index contributed by atoms with van der Waals surface area (Å²) in [5.41, 5.74) is 0. The summed E-state index contributed by atoms with van der Waals surface area (Å²) in [5, 5.41) is 84.6. The molecule has 15 heteroatoms. The monoisotopic (exact) mass is 498 g/mol. The lowest BCUT2D eigenvalue weighted by Crippen LogP contribution is -2.66. The molecule has 2 amide bonds. The SMILES string of the molecule is CC(=O)N[C@H]1[C@H]([C@H](O)[C@H](O)CO)O[C@](O)(COC[C@@H](O)[C@H](O)[C@H](O)[C@H](C=O)NC(C)=O)C[C@@H]1O. The Kier molecular flexibility index (Phi) is 11.9. The van der Waals surface area contributed by atoms with Gasteiger partial charge in [-0.1, -0.05) is 0 Å². The maximum atomic E-state index is 11.4. The summed E-state index contributed by atoms with van der Waals surface area (Å²) in [4.78, 5) is 33.5. The second-order valence-corrected chi connectivity index (χ2v) is 8.19. The van der Waals surface area contributed by atoms with Gasteiger partial charge in [-0.15, -0.1) is 0 Å². The van der Waals surface area contributed by atoms with Gasteiger partial charge in [-0.25, -0.2) is 0 Å². The molecule has 198 valence electrons. The van der Waals surface area contributed by atoms with E-state index >= 15 is 0 Å². The molecule has 15 nitrogen and oxygen atoms in total. The quantitative estimate of drug-likeness (QED) is 0.106. The largest absolute Gasteiger partial charge is 0.394 e. The van der Waals surface area contributed by atoms with E-state index in [1.165, 1.54) is 0 Å². The van der Waals surface area contributed by atoms with Gasteiger partial charge >= 0.3 is 0 Å². The smallest absolute Gasteiger partial charge is 0.217 e. The predicted octanol–water partition coefficient (Wildman–Crippen LogP) is -6.15. The van der Waals surface area contributed by atoms with Crippen LogP contribution in [0.4, 0.5) is 0 Å². The molecule has 0 aliphatic carbocycles. The predicted molar refractivity (Wildman–Crippen MR) is 110 cm³/mol. The average molecular weight is 498 g/mol. The van der Waals surface area contributed by atoms with Crippen LogP contribution in [0.5, 0.6) is 0 Å². The molecular weight excluding hydrogens is 464 g/mol. The summed E-state index contributed by atoms with van der Waals surface area (Å²) in [6.45, 7) is -0.115. The second-order valence-electron chi connectivity index (χ2n) is 8.19. The van der Waals surface area contributed by atoms with Crippen molar-refractivity contribution in [3.8, 4) is 0 Å². The van der Waals surface area contributed by atoms with E-state index in [9.17, 15) is 50.1 Å². The van der Waals surface area contributed by atoms with Crippen molar-refractivity contribution < 1.29 is 64.7 Å². The van der Waals surface area contributed by atoms with Gasteiger partial charge in [-0.3, -0.25) is 9.59 Å². The molecule has 10 N–H and O–H groups in total. The second kappa shape index (κ2) is 13.3. The van der Waals surface area contributed by atoms with Crippen LogP contribution in [0.2, 0.25) is 0 Å². The van der Waals surface area contributed by atoms with Crippen molar-refractivity contribution >= 4 is 18.1 Å². The topological polar surface area (TPSA) is 256 Å². The molecule has 0 aromatic heterocycles. The fraction of sp³-hybridized carbons (Fsp3) is 0.842. The lowest BCUT2D eigenvalue weighted by molar-refractivity contribution is -0.317. The zero-order valence-electron chi connectivity index (χ0n) is 18.7. The molecular formula is C19H34N2O13. The number of hydrogen-bond acceptors (Lipinski definition) is 13. The van der Waals surface area contributed by atoms with Crippen LogP contribution < -0.4 is 10.6 Å². The molecule has 0 unspecified atom stereocenters. The van der Waals surface area contributed by atoms with E-state index < -0.39 is 98.7 Å². The maximum Gasteiger partial charge on any atom is 0.217 e. The molecule has 0 saturated carbocycles. The molecule has 0 aromatic carbocycles. The third kappa shape index (κ3) is 8.46. The number of carbonyl (C=O) groups is 3. The zero-order chi connectivity index (χ0) is 26.2. The minimum absolute atomic E-state index is 0.167. The number of amides is 2. The summed E-state index contributed by atoms with van der Waals surface area (Å²) < 4.78 is 10.5. The minimum Gasteiger partial charge on any atom is -0.394 e. The first-order chi connectivity index (χ1) is 15.8. The third-order valence-corrected chi connectivity index (χ3v) is 5.18. The molecule has 10 atom stereocenters. The highest BCUT2D eigenvalue weighted by molar-refractivity contribution is 5.77. The van der Waals surface area contributed by atoms with Gasteiger partial charge in [0.2, 0.25) is 11.8 Å². The van der Waals surface area contributed by atoms with Crippen LogP contribution in [0, 0.1) is 0 Å². The summed E-state index contributed by atoms with van der Waals surface area (Å²) in [7, 11) is 0. The molecule has 1 saturated heterocycles. The zero-order valence-corrected chi connectivity index (χ0v) is 18.7. The normalized spacial score (nSPS) is 30.4. The van der Waals surface area contributed by atoms with E-state index in [1.807, 2.05) is 0 Å². The van der Waals surface area contributed by atoms with E-state index in [2.05, 4.69) is 10.6 Å². The fourth-order valence-electron chi connectivity index (χ4n) is 3.47. The van der Waals surface area contributed by atoms with Gasteiger partial charge in [0.05, 0.1) is 25.4 Å². The van der Waals surface area contributed by atoms with Crippen molar-refractivity contribution in [2.75, 3.05) is 19.8 Å². The van der Waals surface area contributed by atoms with Gasteiger partial charge < -0.3 is 65.8 Å². The van der Waals surface area contributed by atoms with Crippen LogP contribution >= 0.6 is 0 Å². The van der Waals surface area contributed by atoms with Gasteiger partial charge in [0, 0.05) is 20.3 Å². The summed E-state index contributed by atoms with van der Waals surface area (Å²) >= 11 is 0. The number of aliphatic hydroxyl groups is 8. The Hall–Kier alpha value is -1.79. The Balaban J connectivity index is 2.81. The Morgan fingerprint density at radius 2 is 1.74 bits per heavy atom. The Bertz CT molecular complexity index is 683. The third-order valence-electron chi connectivity index (χ3n) is 5.18. The molecule has 1 fully saturated rings. The number of hydrogen-bond donors (Lipinski definition) is 10. The summed E-state index contributed by atoms with van der Waals surface area (Å²) in [6.07, 6.45) is -12.6. The first-order valence-corrected chi connectivity index (χ1v) is 10.4. The standard InChI is InChI=1S/C19H34N2O13/c1-8(24)20-10(4-22)15(29)16(30)13(28)6-33-7-19(32)3-11(26)14(21-9(2)25)18(34-19)17(31)12(27)5-23/h4,10-18,23,26-32H,3,5-7H2,1-2H3,(H,20,24)(H,21,25)/t10-,11-,12+,13+,14+,15+,16-,17+,18+,19-/m0/s1. The molecule has 1 aliphatic heterocycles. The summed E-state index contributed by atoms with van der Waals surface area (Å²) in [6, 6.07) is -2.76. The van der Waals surface area contributed by atoms with Crippen molar-refractivity contribution in [2.24, 2.45) is 0 Å². The van der Waals surface area contributed by atoms with Gasteiger partial charge in [-0.2, -0.15) is 0 Å². The maximum absolute atomic E-state index is 11.4. The van der Waals surface area contributed by atoms with Gasteiger partial charge in [0.25, 0.3) is 0 Å². The first kappa shape index (κ1) is 30.2. The van der Waals surface area contributed by atoms with E-state index in [4.69, 9.17) is 14.6 Å². The summed E-state index contributed by atoms with van der Waals surface area (Å²) in [5.74, 6) is -3.56. The van der Waals surface area contributed by atoms with Crippen molar-refractivity contribution in [2.45, 2.75) is 80.9 Å². The molecule has 34 heavy (non-hydrogen) atoms. The molecule has 0 radical (unpaired) electrons. The van der Waals surface area contributed by atoms with Crippen molar-refractivity contribution in [3.05, 3.63) is 0 Å². The highest BCUT2D eigenvalue weighted by atomic mass is 16.7. The van der Waals surface area contributed by atoms with Gasteiger partial charge in [0.1, 0.15) is 55.6 Å². The molecule has 0 bridgehead atoms. The van der Waals surface area contributed by atoms with Crippen LogP contribution in [0.25, 0.3) is 0 Å². The van der Waals surface area contributed by atoms with Crippen LogP contribution in [-0.4, -0.2) is 139 Å². The van der Waals surface area contributed by atoms with E-state index in [0.29, 0.717) is 0 Å². The number of rotatable bonds is 13. The van der Waals surface area contributed by atoms with Crippen molar-refractivity contribution in [1.82, 2.24) is 10.6 Å². The minimum atomic E-state index is -2.29. The van der Waals surface area contributed by atoms with Crippen LogP contribution in [0.3, 0.4) is 0 Å². The number of nitrogens with one attached hydrogen (secondary N) is 2. The number of ether oxygens (including phenoxy) is 2. The molecule has 1 rings (SSSR count). The Labute approximate surface area is 194 Å². The van der Waals surface area contributed by atoms with Crippen LogP contribution in [-0.2, 0) is 23.9 Å². The number of aldehydes is 1. The van der Waals surface area contributed by atoms with Crippen molar-refractivity contribution in [3.63, 3.8) is 0 Å². The Morgan fingerprint density at radius 3 is 2.24 bits per heavy atom. The van der Waals surface area contributed by atoms with E-state index in [-0.39, 0.29) is 6.29 Å². The van der Waals surface area contributed by atoms with E-state index in [1.54, 1.807) is 0 Å². The van der Waals surface area contributed by atoms with Gasteiger partial charge in [-0.05, 0) is 0 Å². The molecule has 0 spiro atoms. The Morgan fingerprint density at radius 1 is 1.12 bits per heavy atom. The molecule has 1 aliphatic rings. The van der Waals surface area contributed by atoms with Gasteiger partial charge in [0.15, 0.2) is 5.79 Å². The van der Waals surface area contributed by atoms with Crippen LogP contribution in [0.1, 0.15) is 20.3 Å². The number of carbonyl (C=O) groups excluding carboxylic acids is 3. The highest BCUT2D eigenvalue weighted by Crippen LogP contribution is 2.30. The van der Waals surface area contributed by atoms with Crippen LogP contribution in [0.15, 0.2) is 0 Å². The van der Waals surface area contributed by atoms with E-state index in [0.717, 1.165) is 13.8 Å². The molecule has 1 heterocycles. The first-order valence-electron chi connectivity index (χ1n) is 10.4. The fourth-order valence-corrected chi connectivity index (χ4v) is 3.47. The highest BCUT2D eigenvalue weighted by Gasteiger charge is 2.50. The molecule has 0 aromatic rings. The average Bonchev–Trinajstić information content (AvgIpc) is 2.76.